The standard InChI is InChI=1S/C26H30Cl2FN3O5/c1-16(31-24(33)14-36-18-6-7-19(28)20(29)12-18)9-10-30-25(34)23-13-32(15-26(2,3)35-4)21-11-17(27)5-8-22(21)37-23/h5-8,11-12,23H,1,9-10,13-15H2,2-4H3,(H,30,34)(H,31,33). The van der Waals surface area contributed by atoms with Gasteiger partial charge in [-0.15, -0.1) is 0 Å². The third kappa shape index (κ3) is 8.24. The number of methoxy groups -OCH3 is 1. The molecule has 0 saturated heterocycles. The number of halogens is 3. The average Bonchev–Trinajstić information content (AvgIpc) is 2.84. The fraction of sp³-hybridized carbons (Fsp3) is 0.385. The van der Waals surface area contributed by atoms with Crippen LogP contribution >= 0.6 is 23.2 Å². The fourth-order valence-electron chi connectivity index (χ4n) is 3.60. The molecule has 11 heteroatoms. The molecule has 8 nitrogen and oxygen atoms in total. The average molecular weight is 554 g/mol. The van der Waals surface area contributed by atoms with E-state index < -0.39 is 23.4 Å². The summed E-state index contributed by atoms with van der Waals surface area (Å²) in [6.45, 7) is 8.46. The number of amides is 2. The summed E-state index contributed by atoms with van der Waals surface area (Å²) in [5.41, 5.74) is 0.727. The van der Waals surface area contributed by atoms with Gasteiger partial charge in [-0.1, -0.05) is 29.8 Å². The molecule has 0 bridgehead atoms. The highest BCUT2D eigenvalue weighted by Crippen LogP contribution is 2.36. The van der Waals surface area contributed by atoms with Crippen LogP contribution in [0.5, 0.6) is 11.5 Å². The Kier molecular flexibility index (Phi) is 9.64. The summed E-state index contributed by atoms with van der Waals surface area (Å²) in [4.78, 5) is 27.0. The van der Waals surface area contributed by atoms with Gasteiger partial charge in [0.05, 0.1) is 22.9 Å². The molecule has 0 fully saturated rings. The zero-order valence-electron chi connectivity index (χ0n) is 20.9. The number of fused-ring (bicyclic) bond motifs is 1. The maximum absolute atomic E-state index is 13.5. The quantitative estimate of drug-likeness (QED) is 0.430. The van der Waals surface area contributed by atoms with E-state index in [0.717, 1.165) is 11.8 Å². The molecule has 0 spiro atoms. The summed E-state index contributed by atoms with van der Waals surface area (Å²) in [5.74, 6) is -0.671. The molecule has 0 radical (unpaired) electrons. The van der Waals surface area contributed by atoms with Crippen molar-refractivity contribution in [2.24, 2.45) is 0 Å². The Balaban J connectivity index is 1.48. The molecule has 1 atom stereocenters. The van der Waals surface area contributed by atoms with Crippen molar-refractivity contribution < 1.29 is 28.2 Å². The number of benzene rings is 2. The Labute approximate surface area is 225 Å². The van der Waals surface area contributed by atoms with Crippen molar-refractivity contribution in [1.29, 1.82) is 0 Å². The second-order valence-corrected chi connectivity index (χ2v) is 9.96. The van der Waals surface area contributed by atoms with Gasteiger partial charge in [0.1, 0.15) is 17.3 Å². The minimum atomic E-state index is -0.752. The highest BCUT2D eigenvalue weighted by Gasteiger charge is 2.33. The van der Waals surface area contributed by atoms with Crippen molar-refractivity contribution in [2.45, 2.75) is 32.0 Å². The molecule has 37 heavy (non-hydrogen) atoms. The van der Waals surface area contributed by atoms with Gasteiger partial charge < -0.3 is 29.7 Å². The van der Waals surface area contributed by atoms with Crippen LogP contribution in [0.1, 0.15) is 20.3 Å². The van der Waals surface area contributed by atoms with Gasteiger partial charge in [-0.2, -0.15) is 0 Å². The summed E-state index contributed by atoms with van der Waals surface area (Å²) in [5, 5.41) is 5.94. The Morgan fingerprint density at radius 1 is 1.24 bits per heavy atom. The number of nitrogens with zero attached hydrogens (tertiary/aromatic N) is 1. The molecule has 2 amide bonds. The Bertz CT molecular complexity index is 1160. The van der Waals surface area contributed by atoms with Crippen molar-refractivity contribution >= 4 is 40.7 Å². The predicted molar refractivity (Wildman–Crippen MR) is 141 cm³/mol. The van der Waals surface area contributed by atoms with Crippen molar-refractivity contribution in [2.75, 3.05) is 38.3 Å². The molecule has 200 valence electrons. The van der Waals surface area contributed by atoms with Gasteiger partial charge in [-0.3, -0.25) is 9.59 Å². The lowest BCUT2D eigenvalue weighted by Crippen LogP contribution is -2.52. The second-order valence-electron chi connectivity index (χ2n) is 9.12. The molecule has 0 aromatic heterocycles. The molecule has 1 unspecified atom stereocenters. The molecule has 1 aliphatic rings. The number of carbonyl (C=O) groups excluding carboxylic acids is 2. The van der Waals surface area contributed by atoms with E-state index in [-0.39, 0.29) is 29.8 Å². The number of rotatable bonds is 11. The van der Waals surface area contributed by atoms with E-state index in [9.17, 15) is 14.0 Å². The largest absolute Gasteiger partial charge is 0.484 e. The Morgan fingerprint density at radius 2 is 2.00 bits per heavy atom. The van der Waals surface area contributed by atoms with E-state index in [1.165, 1.54) is 12.1 Å². The molecule has 1 heterocycles. The lowest BCUT2D eigenvalue weighted by atomic mass is 10.1. The van der Waals surface area contributed by atoms with Crippen molar-refractivity contribution in [3.8, 4) is 11.5 Å². The van der Waals surface area contributed by atoms with Crippen LogP contribution in [0.2, 0.25) is 10.0 Å². The van der Waals surface area contributed by atoms with Gasteiger partial charge in [0.2, 0.25) is 0 Å². The predicted octanol–water partition coefficient (Wildman–Crippen LogP) is 4.34. The summed E-state index contributed by atoms with van der Waals surface area (Å²) < 4.78 is 30.2. The van der Waals surface area contributed by atoms with Crippen LogP contribution in [0.3, 0.4) is 0 Å². The molecular weight excluding hydrogens is 524 g/mol. The normalized spacial score (nSPS) is 14.9. The van der Waals surface area contributed by atoms with Crippen LogP contribution in [0.15, 0.2) is 48.7 Å². The zero-order chi connectivity index (χ0) is 27.2. The maximum atomic E-state index is 13.5. The summed E-state index contributed by atoms with van der Waals surface area (Å²) in [7, 11) is 1.64. The van der Waals surface area contributed by atoms with Gasteiger partial charge in [0.25, 0.3) is 11.8 Å². The van der Waals surface area contributed by atoms with E-state index >= 15 is 0 Å². The van der Waals surface area contributed by atoms with E-state index in [4.69, 9.17) is 37.4 Å². The molecule has 2 aromatic rings. The number of ether oxygens (including phenoxy) is 3. The maximum Gasteiger partial charge on any atom is 0.262 e. The van der Waals surface area contributed by atoms with Crippen LogP contribution in [0, 0.1) is 5.82 Å². The second kappa shape index (κ2) is 12.5. The molecule has 0 aliphatic carbocycles. The molecule has 0 saturated carbocycles. The van der Waals surface area contributed by atoms with E-state index in [0.29, 0.717) is 36.0 Å². The number of anilines is 1. The SMILES string of the molecule is C=C(CCNC(=O)C1CN(CC(C)(C)OC)c2cc(Cl)ccc2O1)NC(=O)COc1ccc(Cl)c(F)c1. The molecular formula is C26H30Cl2FN3O5. The molecule has 2 aromatic carbocycles. The topological polar surface area (TPSA) is 89.1 Å². The van der Waals surface area contributed by atoms with Crippen LogP contribution < -0.4 is 25.0 Å². The fourth-order valence-corrected chi connectivity index (χ4v) is 3.88. The minimum absolute atomic E-state index is 0.0361. The first-order valence-electron chi connectivity index (χ1n) is 11.6. The first kappa shape index (κ1) is 28.6. The molecule has 2 N–H and O–H groups in total. The first-order chi connectivity index (χ1) is 17.5. The van der Waals surface area contributed by atoms with Gasteiger partial charge >= 0.3 is 0 Å². The van der Waals surface area contributed by atoms with Gasteiger partial charge in [0, 0.05) is 43.4 Å². The third-order valence-corrected chi connectivity index (χ3v) is 6.18. The van der Waals surface area contributed by atoms with Crippen molar-refractivity contribution in [3.63, 3.8) is 0 Å². The van der Waals surface area contributed by atoms with E-state index in [2.05, 4.69) is 17.2 Å². The first-order valence-corrected chi connectivity index (χ1v) is 12.3. The number of hydrogen-bond acceptors (Lipinski definition) is 6. The number of nitrogens with one attached hydrogen (secondary N) is 2. The summed E-state index contributed by atoms with van der Waals surface area (Å²) in [6.07, 6.45) is -0.454. The lowest BCUT2D eigenvalue weighted by molar-refractivity contribution is -0.128. The lowest BCUT2D eigenvalue weighted by Gasteiger charge is -2.39. The van der Waals surface area contributed by atoms with Crippen LogP contribution in [0.4, 0.5) is 10.1 Å². The highest BCUT2D eigenvalue weighted by atomic mass is 35.5. The minimum Gasteiger partial charge on any atom is -0.484 e. The van der Waals surface area contributed by atoms with Gasteiger partial charge in [-0.05, 0) is 44.2 Å². The zero-order valence-corrected chi connectivity index (χ0v) is 22.4. The van der Waals surface area contributed by atoms with Gasteiger partial charge in [0.15, 0.2) is 12.7 Å². The smallest absolute Gasteiger partial charge is 0.262 e. The number of carbonyl (C=O) groups is 2. The number of hydrogen-bond donors (Lipinski definition) is 2. The Morgan fingerprint density at radius 3 is 2.70 bits per heavy atom. The van der Waals surface area contributed by atoms with E-state index in [1.807, 2.05) is 18.7 Å². The van der Waals surface area contributed by atoms with Crippen LogP contribution in [-0.2, 0) is 14.3 Å². The third-order valence-electron chi connectivity index (χ3n) is 5.64. The van der Waals surface area contributed by atoms with Crippen LogP contribution in [-0.4, -0.2) is 56.9 Å². The van der Waals surface area contributed by atoms with Gasteiger partial charge in [-0.25, -0.2) is 4.39 Å². The monoisotopic (exact) mass is 553 g/mol. The summed E-state index contributed by atoms with van der Waals surface area (Å²) >= 11 is 11.8. The molecule has 3 rings (SSSR count). The van der Waals surface area contributed by atoms with Crippen molar-refractivity contribution in [3.05, 3.63) is 64.5 Å². The highest BCUT2D eigenvalue weighted by molar-refractivity contribution is 6.31. The molecule has 1 aliphatic heterocycles. The Hall–Kier alpha value is -3.01. The van der Waals surface area contributed by atoms with Crippen LogP contribution in [0.25, 0.3) is 0 Å². The van der Waals surface area contributed by atoms with Crippen molar-refractivity contribution in [1.82, 2.24) is 10.6 Å². The van der Waals surface area contributed by atoms with E-state index in [1.54, 1.807) is 25.3 Å². The summed E-state index contributed by atoms with van der Waals surface area (Å²) in [6, 6.07) is 9.14.